The molecular weight excluding hydrogens is 246 g/mol. The van der Waals surface area contributed by atoms with Gasteiger partial charge in [0.25, 0.3) is 5.69 Å². The quantitative estimate of drug-likeness (QED) is 0.629. The fourth-order valence-electron chi connectivity index (χ4n) is 2.24. The van der Waals surface area contributed by atoms with Crippen molar-refractivity contribution in [3.63, 3.8) is 0 Å². The Kier molecular flexibility index (Phi) is 2.68. The van der Waals surface area contributed by atoms with Crippen molar-refractivity contribution < 1.29 is 14.8 Å². The molecule has 19 heavy (non-hydrogen) atoms. The van der Waals surface area contributed by atoms with E-state index in [2.05, 4.69) is 0 Å². The predicted octanol–water partition coefficient (Wildman–Crippen LogP) is 2.57. The van der Waals surface area contributed by atoms with Gasteiger partial charge in [0.15, 0.2) is 0 Å². The number of aliphatic hydroxyl groups excluding tert-OH is 1. The highest BCUT2D eigenvalue weighted by atomic mass is 16.6. The number of aliphatic hydroxyl groups is 1. The molecular formula is C14H11NO4. The van der Waals surface area contributed by atoms with Gasteiger partial charge in [-0.2, -0.15) is 0 Å². The lowest BCUT2D eigenvalue weighted by Crippen LogP contribution is -2.01. The van der Waals surface area contributed by atoms with Crippen LogP contribution < -0.4 is 4.74 Å². The largest absolute Gasteiger partial charge is 0.488 e. The molecule has 3 rings (SSSR count). The number of hydrogen-bond donors (Lipinski definition) is 1. The number of non-ortho nitro benzene ring substituents is 1. The summed E-state index contributed by atoms with van der Waals surface area (Å²) in [5.41, 5.74) is 2.16. The average molecular weight is 257 g/mol. The van der Waals surface area contributed by atoms with Gasteiger partial charge in [0.05, 0.1) is 11.0 Å². The fraction of sp³-hybridized carbons (Fsp3) is 0.143. The number of rotatable bonds is 1. The van der Waals surface area contributed by atoms with E-state index in [1.807, 2.05) is 24.3 Å². The van der Waals surface area contributed by atoms with Crippen molar-refractivity contribution in [2.75, 3.05) is 0 Å². The molecule has 0 spiro atoms. The van der Waals surface area contributed by atoms with Gasteiger partial charge in [0.2, 0.25) is 0 Å². The molecule has 1 atom stereocenters. The molecule has 0 saturated heterocycles. The average Bonchev–Trinajstić information content (AvgIpc) is 2.57. The zero-order valence-electron chi connectivity index (χ0n) is 9.95. The van der Waals surface area contributed by atoms with Crippen LogP contribution >= 0.6 is 0 Å². The topological polar surface area (TPSA) is 72.6 Å². The first-order valence-electron chi connectivity index (χ1n) is 5.84. The number of nitro benzene ring substituents is 1. The van der Waals surface area contributed by atoms with E-state index >= 15 is 0 Å². The summed E-state index contributed by atoms with van der Waals surface area (Å²) in [6.45, 7) is 0.293. The number of fused-ring (bicyclic) bond motifs is 2. The molecule has 1 N–H and O–H groups in total. The Bertz CT molecular complexity index is 654. The first kappa shape index (κ1) is 11.7. The van der Waals surface area contributed by atoms with Gasteiger partial charge < -0.3 is 9.84 Å². The molecule has 0 radical (unpaired) electrons. The molecule has 0 saturated carbocycles. The molecule has 1 heterocycles. The highest BCUT2D eigenvalue weighted by molar-refractivity contribution is 5.50. The van der Waals surface area contributed by atoms with Crippen molar-refractivity contribution in [3.05, 3.63) is 69.3 Å². The van der Waals surface area contributed by atoms with Gasteiger partial charge in [-0.15, -0.1) is 0 Å². The molecule has 0 bridgehead atoms. The minimum Gasteiger partial charge on any atom is -0.488 e. The molecule has 0 aromatic heterocycles. The van der Waals surface area contributed by atoms with E-state index in [0.717, 1.165) is 11.1 Å². The SMILES string of the molecule is O=[N+]([O-])c1ccc2c(c1)OCc1ccccc1C2O. The third-order valence-corrected chi connectivity index (χ3v) is 3.24. The van der Waals surface area contributed by atoms with Gasteiger partial charge in [-0.1, -0.05) is 24.3 Å². The summed E-state index contributed by atoms with van der Waals surface area (Å²) in [5.74, 6) is 0.359. The van der Waals surface area contributed by atoms with Crippen LogP contribution in [-0.4, -0.2) is 10.0 Å². The smallest absolute Gasteiger partial charge is 0.273 e. The van der Waals surface area contributed by atoms with Crippen LogP contribution in [-0.2, 0) is 6.61 Å². The summed E-state index contributed by atoms with van der Waals surface area (Å²) in [4.78, 5) is 10.3. The van der Waals surface area contributed by atoms with E-state index in [1.165, 1.54) is 12.1 Å². The Hall–Kier alpha value is -2.40. The number of nitro groups is 1. The second-order valence-corrected chi connectivity index (χ2v) is 4.37. The van der Waals surface area contributed by atoms with Crippen molar-refractivity contribution in [2.24, 2.45) is 0 Å². The third kappa shape index (κ3) is 1.94. The van der Waals surface area contributed by atoms with E-state index < -0.39 is 11.0 Å². The maximum Gasteiger partial charge on any atom is 0.273 e. The lowest BCUT2D eigenvalue weighted by Gasteiger charge is -2.12. The van der Waals surface area contributed by atoms with Crippen LogP contribution in [0.1, 0.15) is 22.8 Å². The first-order valence-corrected chi connectivity index (χ1v) is 5.84. The highest BCUT2D eigenvalue weighted by Crippen LogP contribution is 2.37. The van der Waals surface area contributed by atoms with Gasteiger partial charge >= 0.3 is 0 Å². The Labute approximate surface area is 109 Å². The van der Waals surface area contributed by atoms with Gasteiger partial charge in [0, 0.05) is 11.6 Å². The maximum atomic E-state index is 10.8. The summed E-state index contributed by atoms with van der Waals surface area (Å²) in [6.07, 6.45) is -0.825. The van der Waals surface area contributed by atoms with Crippen LogP contribution in [0.5, 0.6) is 5.75 Å². The highest BCUT2D eigenvalue weighted by Gasteiger charge is 2.24. The molecule has 0 aliphatic carbocycles. The standard InChI is InChI=1S/C14H11NO4/c16-14-11-4-2-1-3-9(11)8-19-13-7-10(15(17)18)5-6-12(13)14/h1-7,14,16H,8H2. The zero-order valence-corrected chi connectivity index (χ0v) is 9.95. The molecule has 1 unspecified atom stereocenters. The van der Waals surface area contributed by atoms with Gasteiger partial charge in [-0.25, -0.2) is 0 Å². The molecule has 2 aromatic carbocycles. The van der Waals surface area contributed by atoms with Crippen LogP contribution in [0.15, 0.2) is 42.5 Å². The lowest BCUT2D eigenvalue weighted by atomic mass is 9.97. The monoisotopic (exact) mass is 257 g/mol. The third-order valence-electron chi connectivity index (χ3n) is 3.24. The molecule has 2 aromatic rings. The molecule has 5 nitrogen and oxygen atoms in total. The Morgan fingerprint density at radius 3 is 2.79 bits per heavy atom. The summed E-state index contributed by atoms with van der Waals surface area (Å²) in [7, 11) is 0. The zero-order chi connectivity index (χ0) is 13.4. The minimum atomic E-state index is -0.825. The molecule has 5 heteroatoms. The number of nitrogens with zero attached hydrogens (tertiary/aromatic N) is 1. The molecule has 0 fully saturated rings. The van der Waals surface area contributed by atoms with Crippen LogP contribution in [0.3, 0.4) is 0 Å². The predicted molar refractivity (Wildman–Crippen MR) is 67.9 cm³/mol. The molecule has 1 aliphatic heterocycles. The summed E-state index contributed by atoms with van der Waals surface area (Å²) >= 11 is 0. The number of hydrogen-bond acceptors (Lipinski definition) is 4. The van der Waals surface area contributed by atoms with Crippen molar-refractivity contribution in [2.45, 2.75) is 12.7 Å². The van der Waals surface area contributed by atoms with Gasteiger partial charge in [-0.3, -0.25) is 10.1 Å². The van der Waals surface area contributed by atoms with Crippen molar-refractivity contribution in [1.29, 1.82) is 0 Å². The van der Waals surface area contributed by atoms with Crippen LogP contribution in [0.4, 0.5) is 5.69 Å². The summed E-state index contributed by atoms with van der Waals surface area (Å²) < 4.78 is 5.57. The van der Waals surface area contributed by atoms with Crippen LogP contribution in [0.2, 0.25) is 0 Å². The van der Waals surface area contributed by atoms with Crippen LogP contribution in [0, 0.1) is 10.1 Å². The normalized spacial score (nSPS) is 16.8. The number of ether oxygens (including phenoxy) is 1. The summed E-state index contributed by atoms with van der Waals surface area (Å²) in [5, 5.41) is 21.1. The maximum absolute atomic E-state index is 10.8. The Morgan fingerprint density at radius 2 is 2.00 bits per heavy atom. The van der Waals surface area contributed by atoms with E-state index in [1.54, 1.807) is 6.07 Å². The van der Waals surface area contributed by atoms with Crippen molar-refractivity contribution in [3.8, 4) is 5.75 Å². The Morgan fingerprint density at radius 1 is 1.21 bits per heavy atom. The van der Waals surface area contributed by atoms with E-state index in [9.17, 15) is 15.2 Å². The second-order valence-electron chi connectivity index (χ2n) is 4.37. The van der Waals surface area contributed by atoms with Crippen molar-refractivity contribution >= 4 is 5.69 Å². The van der Waals surface area contributed by atoms with Crippen LogP contribution in [0.25, 0.3) is 0 Å². The number of benzene rings is 2. The summed E-state index contributed by atoms with van der Waals surface area (Å²) in [6, 6.07) is 11.7. The Balaban J connectivity index is 2.12. The van der Waals surface area contributed by atoms with E-state index in [-0.39, 0.29) is 5.69 Å². The lowest BCUT2D eigenvalue weighted by molar-refractivity contribution is -0.385. The van der Waals surface area contributed by atoms with E-state index in [4.69, 9.17) is 4.74 Å². The molecule has 1 aliphatic rings. The van der Waals surface area contributed by atoms with Gasteiger partial charge in [-0.05, 0) is 17.2 Å². The molecule has 96 valence electrons. The van der Waals surface area contributed by atoms with Gasteiger partial charge in [0.1, 0.15) is 18.5 Å². The minimum absolute atomic E-state index is 0.0445. The molecule has 0 amide bonds. The van der Waals surface area contributed by atoms with Crippen molar-refractivity contribution in [1.82, 2.24) is 0 Å². The fourth-order valence-corrected chi connectivity index (χ4v) is 2.24. The van der Waals surface area contributed by atoms with E-state index in [0.29, 0.717) is 17.9 Å². The first-order chi connectivity index (χ1) is 9.16. The second kappa shape index (κ2) is 4.37.